The Morgan fingerprint density at radius 1 is 1.07 bits per heavy atom. The molecule has 6 aromatic rings. The topological polar surface area (TPSA) is 148 Å². The Kier molecular flexibility index (Phi) is 7.35. The van der Waals surface area contributed by atoms with E-state index in [-0.39, 0.29) is 16.9 Å². The highest BCUT2D eigenvalue weighted by molar-refractivity contribution is 7.17. The summed E-state index contributed by atoms with van der Waals surface area (Å²) in [6.45, 7) is 2.00. The lowest BCUT2D eigenvalue weighted by molar-refractivity contribution is 0.100. The monoisotopic (exact) mass is 548 g/mol. The normalized spacial score (nSPS) is 10.6. The van der Waals surface area contributed by atoms with E-state index in [1.807, 2.05) is 55.9 Å². The Morgan fingerprint density at radius 3 is 2.58 bits per heavy atom. The third-order valence-corrected chi connectivity index (χ3v) is 6.85. The Bertz CT molecular complexity index is 1980. The molecule has 0 saturated heterocycles. The molecule has 0 saturated carbocycles. The van der Waals surface area contributed by atoms with Gasteiger partial charge in [0, 0.05) is 42.8 Å². The van der Waals surface area contributed by atoms with Crippen molar-refractivity contribution >= 4 is 44.2 Å². The molecule has 6 rings (SSSR count). The average molecular weight is 549 g/mol. The van der Waals surface area contributed by atoms with Gasteiger partial charge in [-0.15, -0.1) is 11.3 Å². The first-order valence-electron chi connectivity index (χ1n) is 12.3. The molecular formula is C29H24N8O2S. The molecule has 0 atom stereocenters. The van der Waals surface area contributed by atoms with Gasteiger partial charge in [-0.3, -0.25) is 23.8 Å². The number of primary amides is 1. The summed E-state index contributed by atoms with van der Waals surface area (Å²) in [5.74, 6) is 6.44. The predicted octanol–water partition coefficient (Wildman–Crippen LogP) is 3.45. The molecule has 40 heavy (non-hydrogen) atoms. The van der Waals surface area contributed by atoms with Gasteiger partial charge in [-0.25, -0.2) is 9.97 Å². The molecule has 1 aromatic carbocycles. The molecule has 1 amide bonds. The third kappa shape index (κ3) is 5.16. The number of amides is 1. The molecule has 5 heterocycles. The molecular weight excluding hydrogens is 524 g/mol. The number of pyridine rings is 2. The van der Waals surface area contributed by atoms with E-state index >= 15 is 0 Å². The zero-order valence-corrected chi connectivity index (χ0v) is 22.5. The molecule has 0 fully saturated rings. The zero-order valence-electron chi connectivity index (χ0n) is 21.7. The van der Waals surface area contributed by atoms with Crippen molar-refractivity contribution in [3.05, 3.63) is 106 Å². The third-order valence-electron chi connectivity index (χ3n) is 5.98. The number of thiophene rings is 1. The number of anilines is 1. The molecule has 11 heteroatoms. The lowest BCUT2D eigenvalue weighted by Crippen LogP contribution is -2.23. The molecule has 5 aromatic heterocycles. The van der Waals surface area contributed by atoms with E-state index in [0.717, 1.165) is 27.3 Å². The number of hydrogen-bond acceptors (Lipinski definition) is 8. The molecule has 0 unspecified atom stereocenters. The minimum Gasteiger partial charge on any atom is -0.383 e. The maximum Gasteiger partial charge on any atom is 0.268 e. The molecule has 198 valence electrons. The maximum atomic E-state index is 13.3. The van der Waals surface area contributed by atoms with Crippen LogP contribution in [0.25, 0.3) is 26.8 Å². The minimum absolute atomic E-state index is 0.0743. The van der Waals surface area contributed by atoms with Crippen LogP contribution in [0.1, 0.15) is 34.2 Å². The molecule has 0 radical (unpaired) electrons. The molecule has 10 nitrogen and oxygen atoms in total. The number of nitrogen functional groups attached to an aromatic ring is 1. The van der Waals surface area contributed by atoms with Crippen LogP contribution < -0.4 is 17.0 Å². The number of hydrogen-bond donors (Lipinski definition) is 2. The SMILES string of the molecule is CCc1nc2scc(C#Cc3cnn(C)c3)c2c(=O)n1-c1ccccc1.NC(=O)c1c(N)ncc2cccnc12. The lowest BCUT2D eigenvalue weighted by atomic mass is 10.1. The van der Waals surface area contributed by atoms with Crippen molar-refractivity contribution in [3.8, 4) is 17.5 Å². The first kappa shape index (κ1) is 26.3. The van der Waals surface area contributed by atoms with Gasteiger partial charge in [-0.05, 0) is 24.3 Å². The molecule has 0 bridgehead atoms. The summed E-state index contributed by atoms with van der Waals surface area (Å²) in [6.07, 6.45) is 7.36. The highest BCUT2D eigenvalue weighted by Gasteiger charge is 2.16. The Hall–Kier alpha value is -5.34. The fourth-order valence-corrected chi connectivity index (χ4v) is 5.01. The van der Waals surface area contributed by atoms with Crippen molar-refractivity contribution in [2.45, 2.75) is 13.3 Å². The van der Waals surface area contributed by atoms with E-state index in [9.17, 15) is 9.59 Å². The van der Waals surface area contributed by atoms with Crippen molar-refractivity contribution in [1.29, 1.82) is 0 Å². The van der Waals surface area contributed by atoms with Crippen LogP contribution in [0.3, 0.4) is 0 Å². The fourth-order valence-electron chi connectivity index (χ4n) is 4.13. The highest BCUT2D eigenvalue weighted by Crippen LogP contribution is 2.23. The lowest BCUT2D eigenvalue weighted by Gasteiger charge is -2.11. The quantitative estimate of drug-likeness (QED) is 0.322. The first-order valence-corrected chi connectivity index (χ1v) is 13.1. The summed E-state index contributed by atoms with van der Waals surface area (Å²) in [7, 11) is 1.85. The second-order valence-corrected chi connectivity index (χ2v) is 9.52. The van der Waals surface area contributed by atoms with E-state index in [1.54, 1.807) is 40.0 Å². The fraction of sp³-hybridized carbons (Fsp3) is 0.103. The number of carbonyl (C=O) groups excluding carboxylic acids is 1. The van der Waals surface area contributed by atoms with Crippen LogP contribution in [0.2, 0.25) is 0 Å². The average Bonchev–Trinajstić information content (AvgIpc) is 3.57. The number of aryl methyl sites for hydroxylation is 2. The molecule has 0 aliphatic rings. The van der Waals surface area contributed by atoms with Crippen molar-refractivity contribution in [2.24, 2.45) is 12.8 Å². The second-order valence-electron chi connectivity index (χ2n) is 8.66. The van der Waals surface area contributed by atoms with E-state index in [0.29, 0.717) is 22.9 Å². The van der Waals surface area contributed by atoms with Crippen LogP contribution in [0.4, 0.5) is 5.82 Å². The van der Waals surface area contributed by atoms with Crippen LogP contribution in [0.5, 0.6) is 0 Å². The van der Waals surface area contributed by atoms with Gasteiger partial charge in [0.1, 0.15) is 22.0 Å². The highest BCUT2D eigenvalue weighted by atomic mass is 32.1. The standard InChI is InChI=1S/C20H16N4OS.C9H8N4O/c1-3-17-22-19-18(20(25)24(17)16-7-5-4-6-8-16)15(13-26-19)10-9-14-11-21-23(2)12-14;10-8-6(9(11)14)7-5(4-13-8)2-1-3-12-7/h4-8,11-13H,3H2,1-2H3;1-4H,(H2,10,13)(H2,11,14). The molecule has 0 aliphatic carbocycles. The minimum atomic E-state index is -0.612. The van der Waals surface area contributed by atoms with Crippen molar-refractivity contribution < 1.29 is 4.79 Å². The van der Waals surface area contributed by atoms with Crippen LogP contribution in [0, 0.1) is 11.8 Å². The van der Waals surface area contributed by atoms with Gasteiger partial charge >= 0.3 is 0 Å². The molecule has 4 N–H and O–H groups in total. The number of rotatable bonds is 3. The van der Waals surface area contributed by atoms with Crippen molar-refractivity contribution in [2.75, 3.05) is 5.73 Å². The summed E-state index contributed by atoms with van der Waals surface area (Å²) in [5, 5.41) is 7.33. The van der Waals surface area contributed by atoms with Gasteiger partial charge in [0.25, 0.3) is 11.5 Å². The van der Waals surface area contributed by atoms with Gasteiger partial charge in [-0.2, -0.15) is 5.10 Å². The van der Waals surface area contributed by atoms with Gasteiger partial charge in [0.2, 0.25) is 0 Å². The summed E-state index contributed by atoms with van der Waals surface area (Å²) in [4.78, 5) is 37.7. The Balaban J connectivity index is 0.000000194. The van der Waals surface area contributed by atoms with Gasteiger partial charge < -0.3 is 11.5 Å². The van der Waals surface area contributed by atoms with Crippen LogP contribution >= 0.6 is 11.3 Å². The molecule has 0 aliphatic heterocycles. The van der Waals surface area contributed by atoms with E-state index < -0.39 is 5.91 Å². The smallest absolute Gasteiger partial charge is 0.268 e. The maximum absolute atomic E-state index is 13.3. The largest absolute Gasteiger partial charge is 0.383 e. The van der Waals surface area contributed by atoms with Crippen molar-refractivity contribution in [1.82, 2.24) is 29.3 Å². The van der Waals surface area contributed by atoms with Gasteiger partial charge in [0.05, 0.1) is 33.9 Å². The number of para-hydroxylation sites is 1. The summed E-state index contributed by atoms with van der Waals surface area (Å²) in [6, 6.07) is 13.2. The van der Waals surface area contributed by atoms with E-state index in [4.69, 9.17) is 16.5 Å². The van der Waals surface area contributed by atoms with Crippen LogP contribution in [0.15, 0.2) is 77.4 Å². The number of fused-ring (bicyclic) bond motifs is 2. The second kappa shape index (κ2) is 11.2. The number of carbonyl (C=O) groups is 1. The first-order chi connectivity index (χ1) is 19.4. The number of benzene rings is 1. The Labute approximate surface area is 232 Å². The van der Waals surface area contributed by atoms with Crippen molar-refractivity contribution in [3.63, 3.8) is 0 Å². The summed E-state index contributed by atoms with van der Waals surface area (Å²) >= 11 is 1.45. The zero-order chi connectivity index (χ0) is 28.2. The Morgan fingerprint density at radius 2 is 1.88 bits per heavy atom. The number of aromatic nitrogens is 6. The molecule has 0 spiro atoms. The number of nitrogens with two attached hydrogens (primary N) is 2. The van der Waals surface area contributed by atoms with E-state index in [1.165, 1.54) is 11.3 Å². The van der Waals surface area contributed by atoms with Gasteiger partial charge in [0.15, 0.2) is 0 Å². The van der Waals surface area contributed by atoms with Crippen LogP contribution in [-0.4, -0.2) is 35.2 Å². The summed E-state index contributed by atoms with van der Waals surface area (Å²) < 4.78 is 3.39. The van der Waals surface area contributed by atoms with Crippen LogP contribution in [-0.2, 0) is 13.5 Å². The van der Waals surface area contributed by atoms with Gasteiger partial charge in [-0.1, -0.05) is 37.0 Å². The van der Waals surface area contributed by atoms with E-state index in [2.05, 4.69) is 26.9 Å². The number of nitrogens with zero attached hydrogens (tertiary/aromatic N) is 6. The predicted molar refractivity (Wildman–Crippen MR) is 156 cm³/mol. The summed E-state index contributed by atoms with van der Waals surface area (Å²) in [5.41, 5.74) is 13.7.